The number of halogens is 1. The van der Waals surface area contributed by atoms with Crippen molar-refractivity contribution in [3.05, 3.63) is 32.3 Å². The van der Waals surface area contributed by atoms with Gasteiger partial charge in [-0.2, -0.15) is 0 Å². The molecule has 2 rings (SSSR count). The Morgan fingerprint density at radius 2 is 2.19 bits per heavy atom. The highest BCUT2D eigenvalue weighted by Gasteiger charge is 2.28. The molecule has 0 saturated heterocycles. The zero-order chi connectivity index (χ0) is 15.6. The maximum Gasteiger partial charge on any atom is 0.312 e. The van der Waals surface area contributed by atoms with Crippen LogP contribution in [-0.2, 0) is 0 Å². The number of rotatable bonds is 4. The third-order valence-electron chi connectivity index (χ3n) is 3.88. The zero-order valence-corrected chi connectivity index (χ0v) is 13.8. The molecule has 0 amide bonds. The summed E-state index contributed by atoms with van der Waals surface area (Å²) in [7, 11) is 0. The predicted octanol–water partition coefficient (Wildman–Crippen LogP) is 4.37. The van der Waals surface area contributed by atoms with Crippen LogP contribution >= 0.6 is 15.9 Å². The molecule has 1 aromatic rings. The molecule has 1 N–H and O–H groups in total. The number of hydrogen-bond acceptors (Lipinski definition) is 4. The Morgan fingerprint density at radius 3 is 2.76 bits per heavy atom. The van der Waals surface area contributed by atoms with Crippen LogP contribution in [0.25, 0.3) is 0 Å². The molecule has 1 aliphatic rings. The van der Waals surface area contributed by atoms with Crippen LogP contribution in [0.1, 0.15) is 51.2 Å². The second-order valence-corrected chi connectivity index (χ2v) is 6.70. The number of hydrogen-bond donors (Lipinski definition) is 1. The van der Waals surface area contributed by atoms with E-state index < -0.39 is 11.0 Å². The van der Waals surface area contributed by atoms with Gasteiger partial charge in [-0.25, -0.2) is 0 Å². The van der Waals surface area contributed by atoms with E-state index in [1.54, 1.807) is 13.0 Å². The summed E-state index contributed by atoms with van der Waals surface area (Å²) in [4.78, 5) is 10.8. The van der Waals surface area contributed by atoms with E-state index in [2.05, 4.69) is 22.9 Å². The van der Waals surface area contributed by atoms with Crippen LogP contribution in [0.15, 0.2) is 16.6 Å². The largest absolute Gasteiger partial charge is 0.483 e. The average Bonchev–Trinajstić information content (AvgIpc) is 2.39. The fourth-order valence-electron chi connectivity index (χ4n) is 2.83. The van der Waals surface area contributed by atoms with Crippen LogP contribution in [-0.4, -0.2) is 16.1 Å². The quantitative estimate of drug-likeness (QED) is 0.641. The molecule has 1 aromatic carbocycles. The third kappa shape index (κ3) is 3.95. The SMILES string of the molecule is CC1CCCC(Oc2c([C@H](C)O)cc(Br)cc2[N+](=O)[O-])C1. The molecule has 116 valence electrons. The van der Waals surface area contributed by atoms with Crippen molar-refractivity contribution in [2.24, 2.45) is 5.92 Å². The summed E-state index contributed by atoms with van der Waals surface area (Å²) in [5.74, 6) is 0.769. The maximum absolute atomic E-state index is 11.3. The first kappa shape index (κ1) is 16.2. The van der Waals surface area contributed by atoms with E-state index in [0.29, 0.717) is 16.0 Å². The molecular formula is C15H20BrNO4. The van der Waals surface area contributed by atoms with Gasteiger partial charge in [0.1, 0.15) is 0 Å². The van der Waals surface area contributed by atoms with E-state index in [4.69, 9.17) is 4.74 Å². The van der Waals surface area contributed by atoms with Gasteiger partial charge in [-0.1, -0.05) is 29.3 Å². The number of aliphatic hydroxyl groups is 1. The molecule has 1 saturated carbocycles. The maximum atomic E-state index is 11.3. The predicted molar refractivity (Wildman–Crippen MR) is 83.5 cm³/mol. The van der Waals surface area contributed by atoms with Gasteiger partial charge < -0.3 is 9.84 Å². The molecule has 0 aromatic heterocycles. The Hall–Kier alpha value is -1.14. The fourth-order valence-corrected chi connectivity index (χ4v) is 3.29. The van der Waals surface area contributed by atoms with Gasteiger partial charge in [-0.3, -0.25) is 10.1 Å². The van der Waals surface area contributed by atoms with Gasteiger partial charge in [0.05, 0.1) is 17.1 Å². The lowest BCUT2D eigenvalue weighted by atomic mass is 9.88. The summed E-state index contributed by atoms with van der Waals surface area (Å²) in [5, 5.41) is 21.2. The van der Waals surface area contributed by atoms with E-state index in [1.807, 2.05) is 0 Å². The van der Waals surface area contributed by atoms with Crippen molar-refractivity contribution in [2.45, 2.75) is 51.7 Å². The Bertz CT molecular complexity index is 533. The summed E-state index contributed by atoms with van der Waals surface area (Å²) < 4.78 is 6.51. The van der Waals surface area contributed by atoms with E-state index in [1.165, 1.54) is 12.5 Å². The lowest BCUT2D eigenvalue weighted by Gasteiger charge is -2.28. The minimum Gasteiger partial charge on any atom is -0.483 e. The monoisotopic (exact) mass is 357 g/mol. The topological polar surface area (TPSA) is 72.6 Å². The van der Waals surface area contributed by atoms with E-state index in [9.17, 15) is 15.2 Å². The van der Waals surface area contributed by atoms with Crippen molar-refractivity contribution < 1.29 is 14.8 Å². The van der Waals surface area contributed by atoms with Crippen LogP contribution in [0.5, 0.6) is 5.75 Å². The molecular weight excluding hydrogens is 338 g/mol. The summed E-state index contributed by atoms with van der Waals surface area (Å²) in [6, 6.07) is 3.10. The zero-order valence-electron chi connectivity index (χ0n) is 12.2. The van der Waals surface area contributed by atoms with Gasteiger partial charge in [0.2, 0.25) is 5.75 Å². The van der Waals surface area contributed by atoms with Crippen molar-refractivity contribution in [1.29, 1.82) is 0 Å². The minimum absolute atomic E-state index is 0.0221. The van der Waals surface area contributed by atoms with Gasteiger partial charge in [-0.15, -0.1) is 0 Å². The highest BCUT2D eigenvalue weighted by atomic mass is 79.9. The molecule has 1 fully saturated rings. The number of benzene rings is 1. The normalized spacial score (nSPS) is 23.6. The van der Waals surface area contributed by atoms with Crippen molar-refractivity contribution in [1.82, 2.24) is 0 Å². The van der Waals surface area contributed by atoms with E-state index in [0.717, 1.165) is 19.3 Å². The van der Waals surface area contributed by atoms with Crippen molar-refractivity contribution in [2.75, 3.05) is 0 Å². The number of nitro groups is 1. The van der Waals surface area contributed by atoms with Gasteiger partial charge in [0, 0.05) is 16.1 Å². The van der Waals surface area contributed by atoms with Crippen LogP contribution in [0, 0.1) is 16.0 Å². The molecule has 1 aliphatic carbocycles. The molecule has 0 heterocycles. The van der Waals surface area contributed by atoms with Crippen LogP contribution < -0.4 is 4.74 Å². The lowest BCUT2D eigenvalue weighted by molar-refractivity contribution is -0.386. The highest BCUT2D eigenvalue weighted by molar-refractivity contribution is 9.10. The average molecular weight is 358 g/mol. The van der Waals surface area contributed by atoms with Crippen LogP contribution in [0.2, 0.25) is 0 Å². The van der Waals surface area contributed by atoms with Crippen LogP contribution in [0.3, 0.4) is 0 Å². The molecule has 0 bridgehead atoms. The third-order valence-corrected chi connectivity index (χ3v) is 4.34. The first-order chi connectivity index (χ1) is 9.88. The van der Waals surface area contributed by atoms with E-state index in [-0.39, 0.29) is 17.5 Å². The summed E-state index contributed by atoms with van der Waals surface area (Å²) in [6.07, 6.45) is 3.19. The fraction of sp³-hybridized carbons (Fsp3) is 0.600. The molecule has 0 radical (unpaired) electrons. The first-order valence-electron chi connectivity index (χ1n) is 7.21. The molecule has 0 aliphatic heterocycles. The Labute approximate surface area is 132 Å². The standard InChI is InChI=1S/C15H20BrNO4/c1-9-4-3-5-12(6-9)21-15-13(10(2)18)7-11(16)8-14(15)17(19)20/h7-10,12,18H,3-6H2,1-2H3/t9?,10-,12?/m0/s1. The minimum atomic E-state index is -0.822. The summed E-state index contributed by atoms with van der Waals surface area (Å²) in [6.45, 7) is 3.75. The summed E-state index contributed by atoms with van der Waals surface area (Å²) >= 11 is 3.25. The molecule has 6 heteroatoms. The van der Waals surface area contributed by atoms with E-state index >= 15 is 0 Å². The second kappa shape index (κ2) is 6.75. The van der Waals surface area contributed by atoms with Gasteiger partial charge >= 0.3 is 5.69 Å². The van der Waals surface area contributed by atoms with Gasteiger partial charge in [-0.05, 0) is 38.2 Å². The Balaban J connectivity index is 2.37. The molecule has 3 atom stereocenters. The Kier molecular flexibility index (Phi) is 5.22. The smallest absolute Gasteiger partial charge is 0.312 e. The van der Waals surface area contributed by atoms with Crippen molar-refractivity contribution in [3.8, 4) is 5.75 Å². The van der Waals surface area contributed by atoms with Gasteiger partial charge in [0.25, 0.3) is 0 Å². The number of aliphatic hydroxyl groups excluding tert-OH is 1. The van der Waals surface area contributed by atoms with Gasteiger partial charge in [0.15, 0.2) is 0 Å². The second-order valence-electron chi connectivity index (χ2n) is 5.79. The van der Waals surface area contributed by atoms with Crippen LogP contribution in [0.4, 0.5) is 5.69 Å². The van der Waals surface area contributed by atoms with Crippen molar-refractivity contribution in [3.63, 3.8) is 0 Å². The molecule has 5 nitrogen and oxygen atoms in total. The lowest BCUT2D eigenvalue weighted by Crippen LogP contribution is -2.25. The Morgan fingerprint density at radius 1 is 1.48 bits per heavy atom. The number of nitrogens with zero attached hydrogens (tertiary/aromatic N) is 1. The number of nitro benzene ring substituents is 1. The number of ether oxygens (including phenoxy) is 1. The molecule has 21 heavy (non-hydrogen) atoms. The first-order valence-corrected chi connectivity index (χ1v) is 8.00. The molecule has 0 spiro atoms. The van der Waals surface area contributed by atoms with Crippen molar-refractivity contribution >= 4 is 21.6 Å². The molecule has 2 unspecified atom stereocenters. The highest BCUT2D eigenvalue weighted by Crippen LogP contribution is 2.40. The summed E-state index contributed by atoms with van der Waals surface area (Å²) in [5.41, 5.74) is 0.354.